The zero-order valence-corrected chi connectivity index (χ0v) is 13.5. The number of hydrogen-bond donors (Lipinski definition) is 2. The Kier molecular flexibility index (Phi) is 4.72. The molecule has 3 aromatic rings. The molecule has 0 aliphatic heterocycles. The van der Waals surface area contributed by atoms with Crippen LogP contribution in [0.5, 0.6) is 0 Å². The number of benzene rings is 1. The largest absolute Gasteiger partial charge is 0.360 e. The van der Waals surface area contributed by atoms with E-state index in [0.29, 0.717) is 29.0 Å². The standard InChI is InChI=1S/C16H14ClN5O2/c1-10-6-14(22-24-10)21-15-9-18-13(8-19-15)16(23)20-7-11-2-4-12(17)5-3-11/h2-6,8-9H,7H2,1H3,(H,20,23)(H,19,21,22). The molecule has 0 spiro atoms. The molecule has 2 N–H and O–H groups in total. The first-order chi connectivity index (χ1) is 11.6. The summed E-state index contributed by atoms with van der Waals surface area (Å²) in [5, 5.41) is 10.2. The predicted octanol–water partition coefficient (Wildman–Crippen LogP) is 3.10. The van der Waals surface area contributed by atoms with Crippen LogP contribution in [0.3, 0.4) is 0 Å². The summed E-state index contributed by atoms with van der Waals surface area (Å²) in [7, 11) is 0. The number of rotatable bonds is 5. The maximum Gasteiger partial charge on any atom is 0.271 e. The minimum atomic E-state index is -0.304. The van der Waals surface area contributed by atoms with E-state index in [2.05, 4.69) is 25.8 Å². The average Bonchev–Trinajstić information content (AvgIpc) is 2.99. The van der Waals surface area contributed by atoms with E-state index < -0.39 is 0 Å². The van der Waals surface area contributed by atoms with Crippen molar-refractivity contribution in [3.8, 4) is 0 Å². The highest BCUT2D eigenvalue weighted by molar-refractivity contribution is 6.30. The van der Waals surface area contributed by atoms with Gasteiger partial charge < -0.3 is 15.2 Å². The van der Waals surface area contributed by atoms with E-state index in [1.165, 1.54) is 12.4 Å². The third-order valence-corrected chi connectivity index (χ3v) is 3.39. The van der Waals surface area contributed by atoms with E-state index in [1.54, 1.807) is 25.1 Å². The maximum atomic E-state index is 12.1. The Balaban J connectivity index is 1.58. The van der Waals surface area contributed by atoms with Crippen molar-refractivity contribution in [1.29, 1.82) is 0 Å². The molecule has 0 atom stereocenters. The lowest BCUT2D eigenvalue weighted by molar-refractivity contribution is 0.0945. The molecule has 0 radical (unpaired) electrons. The molecule has 0 saturated heterocycles. The van der Waals surface area contributed by atoms with Crippen molar-refractivity contribution in [2.45, 2.75) is 13.5 Å². The van der Waals surface area contributed by atoms with E-state index >= 15 is 0 Å². The lowest BCUT2D eigenvalue weighted by Gasteiger charge is -2.06. The fraction of sp³-hybridized carbons (Fsp3) is 0.125. The van der Waals surface area contributed by atoms with Crippen molar-refractivity contribution in [2.75, 3.05) is 5.32 Å². The van der Waals surface area contributed by atoms with Crippen molar-refractivity contribution in [1.82, 2.24) is 20.4 Å². The highest BCUT2D eigenvalue weighted by Gasteiger charge is 2.08. The Bertz CT molecular complexity index is 830. The molecule has 0 aliphatic carbocycles. The van der Waals surface area contributed by atoms with Gasteiger partial charge in [-0.25, -0.2) is 9.97 Å². The third-order valence-electron chi connectivity index (χ3n) is 3.13. The third kappa shape index (κ3) is 4.08. The number of halogens is 1. The van der Waals surface area contributed by atoms with Gasteiger partial charge in [-0.15, -0.1) is 0 Å². The van der Waals surface area contributed by atoms with Crippen LogP contribution in [0.4, 0.5) is 11.6 Å². The fourth-order valence-corrected chi connectivity index (χ4v) is 2.07. The number of nitrogens with one attached hydrogen (secondary N) is 2. The molecule has 0 aliphatic rings. The second-order valence-electron chi connectivity index (χ2n) is 5.04. The van der Waals surface area contributed by atoms with E-state index in [-0.39, 0.29) is 11.6 Å². The molecule has 1 amide bonds. The number of hydrogen-bond acceptors (Lipinski definition) is 6. The van der Waals surface area contributed by atoms with Gasteiger partial charge in [-0.3, -0.25) is 4.79 Å². The number of aromatic nitrogens is 3. The number of amides is 1. The monoisotopic (exact) mass is 343 g/mol. The van der Waals surface area contributed by atoms with Crippen LogP contribution >= 0.6 is 11.6 Å². The van der Waals surface area contributed by atoms with Gasteiger partial charge in [0.15, 0.2) is 5.82 Å². The van der Waals surface area contributed by atoms with Crippen LogP contribution in [0, 0.1) is 6.92 Å². The molecule has 8 heteroatoms. The zero-order valence-electron chi connectivity index (χ0n) is 12.8. The Hall–Kier alpha value is -2.93. The molecule has 0 unspecified atom stereocenters. The summed E-state index contributed by atoms with van der Waals surface area (Å²) < 4.78 is 4.95. The molecule has 7 nitrogen and oxygen atoms in total. The van der Waals surface area contributed by atoms with Crippen molar-refractivity contribution < 1.29 is 9.32 Å². The highest BCUT2D eigenvalue weighted by Crippen LogP contribution is 2.13. The smallest absolute Gasteiger partial charge is 0.271 e. The number of nitrogens with zero attached hydrogens (tertiary/aromatic N) is 3. The fourth-order valence-electron chi connectivity index (χ4n) is 1.94. The van der Waals surface area contributed by atoms with Crippen LogP contribution in [0.1, 0.15) is 21.8 Å². The van der Waals surface area contributed by atoms with Gasteiger partial charge in [0.1, 0.15) is 17.3 Å². The normalized spacial score (nSPS) is 10.4. The summed E-state index contributed by atoms with van der Waals surface area (Å²) in [4.78, 5) is 20.3. The van der Waals surface area contributed by atoms with Crippen molar-refractivity contribution in [2.24, 2.45) is 0 Å². The van der Waals surface area contributed by atoms with Gasteiger partial charge in [-0.1, -0.05) is 28.9 Å². The topological polar surface area (TPSA) is 92.9 Å². The minimum Gasteiger partial charge on any atom is -0.360 e. The number of carbonyl (C=O) groups is 1. The first-order valence-corrected chi connectivity index (χ1v) is 7.53. The summed E-state index contributed by atoms with van der Waals surface area (Å²) in [6.07, 6.45) is 2.85. The van der Waals surface area contributed by atoms with Gasteiger partial charge in [0, 0.05) is 17.6 Å². The SMILES string of the molecule is Cc1cc(Nc2cnc(C(=O)NCc3ccc(Cl)cc3)cn2)no1. The Morgan fingerprint density at radius 2 is 1.96 bits per heavy atom. The lowest BCUT2D eigenvalue weighted by Crippen LogP contribution is -2.24. The number of aryl methyl sites for hydroxylation is 1. The van der Waals surface area contributed by atoms with E-state index in [4.69, 9.17) is 16.1 Å². The second-order valence-corrected chi connectivity index (χ2v) is 5.48. The van der Waals surface area contributed by atoms with Crippen LogP contribution < -0.4 is 10.6 Å². The van der Waals surface area contributed by atoms with Crippen LogP contribution in [-0.2, 0) is 6.54 Å². The van der Waals surface area contributed by atoms with Crippen LogP contribution in [0.2, 0.25) is 5.02 Å². The summed E-state index contributed by atoms with van der Waals surface area (Å²) in [5.74, 6) is 1.38. The maximum absolute atomic E-state index is 12.1. The van der Waals surface area contributed by atoms with Crippen molar-refractivity contribution >= 4 is 29.1 Å². The van der Waals surface area contributed by atoms with Gasteiger partial charge in [-0.05, 0) is 24.6 Å². The Morgan fingerprint density at radius 3 is 2.58 bits per heavy atom. The molecule has 3 rings (SSSR count). The molecular weight excluding hydrogens is 330 g/mol. The summed E-state index contributed by atoms with van der Waals surface area (Å²) in [6, 6.07) is 8.97. The molecule has 0 saturated carbocycles. The predicted molar refractivity (Wildman–Crippen MR) is 89.2 cm³/mol. The average molecular weight is 344 g/mol. The highest BCUT2D eigenvalue weighted by atomic mass is 35.5. The van der Waals surface area contributed by atoms with Gasteiger partial charge in [0.2, 0.25) is 0 Å². The zero-order chi connectivity index (χ0) is 16.9. The van der Waals surface area contributed by atoms with Crippen molar-refractivity contribution in [3.05, 3.63) is 64.8 Å². The second kappa shape index (κ2) is 7.10. The molecule has 0 bridgehead atoms. The van der Waals surface area contributed by atoms with Gasteiger partial charge >= 0.3 is 0 Å². The Labute approximate surface area is 143 Å². The van der Waals surface area contributed by atoms with E-state index in [9.17, 15) is 4.79 Å². The van der Waals surface area contributed by atoms with Crippen molar-refractivity contribution in [3.63, 3.8) is 0 Å². The minimum absolute atomic E-state index is 0.228. The summed E-state index contributed by atoms with van der Waals surface area (Å²) in [5.41, 5.74) is 1.17. The molecular formula is C16H14ClN5O2. The number of carbonyl (C=O) groups excluding carboxylic acids is 1. The van der Waals surface area contributed by atoms with Crippen LogP contribution in [0.25, 0.3) is 0 Å². The first-order valence-electron chi connectivity index (χ1n) is 7.15. The van der Waals surface area contributed by atoms with Gasteiger partial charge in [0.25, 0.3) is 5.91 Å². The number of anilines is 2. The molecule has 2 heterocycles. The molecule has 24 heavy (non-hydrogen) atoms. The van der Waals surface area contributed by atoms with Gasteiger partial charge in [-0.2, -0.15) is 0 Å². The molecule has 0 fully saturated rings. The van der Waals surface area contributed by atoms with E-state index in [1.807, 2.05) is 12.1 Å². The molecule has 1 aromatic carbocycles. The Morgan fingerprint density at radius 1 is 1.17 bits per heavy atom. The van der Waals surface area contributed by atoms with E-state index in [0.717, 1.165) is 5.56 Å². The quantitative estimate of drug-likeness (QED) is 0.739. The van der Waals surface area contributed by atoms with Gasteiger partial charge in [0.05, 0.1) is 12.4 Å². The van der Waals surface area contributed by atoms with Crippen LogP contribution in [0.15, 0.2) is 47.2 Å². The first kappa shape index (κ1) is 15.9. The van der Waals surface area contributed by atoms with Crippen LogP contribution in [-0.4, -0.2) is 21.0 Å². The molecule has 2 aromatic heterocycles. The summed E-state index contributed by atoms with van der Waals surface area (Å²) in [6.45, 7) is 2.17. The lowest BCUT2D eigenvalue weighted by atomic mass is 10.2. The summed E-state index contributed by atoms with van der Waals surface area (Å²) >= 11 is 5.82. The molecule has 122 valence electrons.